The van der Waals surface area contributed by atoms with E-state index in [0.29, 0.717) is 30.1 Å². The molecule has 7 heteroatoms. The number of fused-ring (bicyclic) bond motifs is 1. The molecule has 7 nitrogen and oxygen atoms in total. The Morgan fingerprint density at radius 1 is 1.06 bits per heavy atom. The molecule has 2 heterocycles. The predicted octanol–water partition coefficient (Wildman–Crippen LogP) is 4.40. The number of amides is 1. The predicted molar refractivity (Wildman–Crippen MR) is 130 cm³/mol. The van der Waals surface area contributed by atoms with E-state index in [1.807, 2.05) is 64.1 Å². The van der Waals surface area contributed by atoms with E-state index in [9.17, 15) is 9.59 Å². The Balaban J connectivity index is 1.80. The number of ether oxygens (including phenoxy) is 1. The number of aromatic nitrogens is 3. The molecule has 4 rings (SSSR count). The van der Waals surface area contributed by atoms with Gasteiger partial charge in [-0.3, -0.25) is 14.2 Å². The summed E-state index contributed by atoms with van der Waals surface area (Å²) in [6.45, 7) is 8.19. The van der Waals surface area contributed by atoms with E-state index < -0.39 is 0 Å². The van der Waals surface area contributed by atoms with Gasteiger partial charge < -0.3 is 10.1 Å². The van der Waals surface area contributed by atoms with Crippen LogP contribution in [0.15, 0.2) is 59.4 Å². The van der Waals surface area contributed by atoms with Crippen molar-refractivity contribution in [2.45, 2.75) is 40.7 Å². The molecule has 0 aliphatic heterocycles. The molecule has 0 aliphatic rings. The molecule has 0 atom stereocenters. The Morgan fingerprint density at radius 2 is 1.79 bits per heavy atom. The summed E-state index contributed by atoms with van der Waals surface area (Å²) in [6, 6.07) is 16.8. The monoisotopic (exact) mass is 444 g/mol. The van der Waals surface area contributed by atoms with Gasteiger partial charge in [0.2, 0.25) is 5.91 Å². The molecular weight excluding hydrogens is 416 g/mol. The second-order valence-corrected chi connectivity index (χ2v) is 7.96. The lowest BCUT2D eigenvalue weighted by Crippen LogP contribution is -2.29. The maximum atomic E-state index is 13.1. The molecule has 0 aliphatic carbocycles. The number of aryl methyl sites for hydroxylation is 3. The van der Waals surface area contributed by atoms with Gasteiger partial charge in [-0.1, -0.05) is 36.8 Å². The highest BCUT2D eigenvalue weighted by atomic mass is 16.5. The second-order valence-electron chi connectivity index (χ2n) is 7.96. The van der Waals surface area contributed by atoms with E-state index >= 15 is 0 Å². The maximum Gasteiger partial charge on any atom is 0.252 e. The van der Waals surface area contributed by atoms with E-state index in [0.717, 1.165) is 27.9 Å². The number of carbonyl (C=O) groups is 1. The highest BCUT2D eigenvalue weighted by Gasteiger charge is 2.20. The van der Waals surface area contributed by atoms with Gasteiger partial charge in [0.1, 0.15) is 17.9 Å². The average molecular weight is 445 g/mol. The molecule has 33 heavy (non-hydrogen) atoms. The van der Waals surface area contributed by atoms with E-state index in [2.05, 4.69) is 5.32 Å². The molecule has 0 radical (unpaired) electrons. The number of anilines is 1. The molecule has 0 fully saturated rings. The Bertz CT molecular complexity index is 1370. The Hall–Kier alpha value is -3.87. The number of hydrogen-bond donors (Lipinski definition) is 1. The highest BCUT2D eigenvalue weighted by molar-refractivity contribution is 5.93. The zero-order chi connectivity index (χ0) is 23.5. The van der Waals surface area contributed by atoms with E-state index in [-0.39, 0.29) is 18.0 Å². The number of hydrogen-bond acceptors (Lipinski definition) is 4. The summed E-state index contributed by atoms with van der Waals surface area (Å²) >= 11 is 0. The Morgan fingerprint density at radius 3 is 2.48 bits per heavy atom. The number of para-hydroxylation sites is 2. The first kappa shape index (κ1) is 22.3. The number of carbonyl (C=O) groups excluding carboxylic acids is 1. The summed E-state index contributed by atoms with van der Waals surface area (Å²) in [5.41, 5.74) is 4.66. The summed E-state index contributed by atoms with van der Waals surface area (Å²) < 4.78 is 8.85. The van der Waals surface area contributed by atoms with Crippen LogP contribution in [-0.4, -0.2) is 26.9 Å². The van der Waals surface area contributed by atoms with Crippen molar-refractivity contribution in [3.05, 3.63) is 81.8 Å². The molecule has 1 amide bonds. The number of benzene rings is 2. The van der Waals surface area contributed by atoms with Crippen molar-refractivity contribution < 1.29 is 9.53 Å². The average Bonchev–Trinajstić information content (AvgIpc) is 3.14. The van der Waals surface area contributed by atoms with Crippen LogP contribution in [0.3, 0.4) is 0 Å². The van der Waals surface area contributed by atoms with Crippen molar-refractivity contribution in [2.75, 3.05) is 11.9 Å². The van der Waals surface area contributed by atoms with Gasteiger partial charge in [-0.2, -0.15) is 5.10 Å². The van der Waals surface area contributed by atoms with Crippen molar-refractivity contribution in [1.82, 2.24) is 14.3 Å². The minimum absolute atomic E-state index is 0.142. The molecule has 2 aromatic carbocycles. The van der Waals surface area contributed by atoms with Crippen LogP contribution in [0, 0.1) is 13.8 Å². The van der Waals surface area contributed by atoms with Gasteiger partial charge in [0.05, 0.1) is 23.7 Å². The Labute approximate surface area is 192 Å². The summed E-state index contributed by atoms with van der Waals surface area (Å²) in [5.74, 6) is 0.275. The molecular formula is C26H28N4O3. The van der Waals surface area contributed by atoms with Crippen molar-refractivity contribution in [1.29, 1.82) is 0 Å². The minimum Gasteiger partial charge on any atom is -0.492 e. The quantitative estimate of drug-likeness (QED) is 0.458. The number of nitrogens with zero attached hydrogens (tertiary/aromatic N) is 3. The van der Waals surface area contributed by atoms with E-state index in [1.165, 1.54) is 4.57 Å². The van der Waals surface area contributed by atoms with Crippen LogP contribution in [0.1, 0.15) is 30.7 Å². The molecule has 1 N–H and O–H groups in total. The lowest BCUT2D eigenvalue weighted by Gasteiger charge is -2.14. The number of rotatable bonds is 7. The molecule has 170 valence electrons. The zero-order valence-electron chi connectivity index (χ0n) is 19.4. The first-order valence-corrected chi connectivity index (χ1v) is 11.1. The first-order chi connectivity index (χ1) is 15.9. The van der Waals surface area contributed by atoms with E-state index in [4.69, 9.17) is 9.84 Å². The fourth-order valence-corrected chi connectivity index (χ4v) is 4.03. The van der Waals surface area contributed by atoms with Gasteiger partial charge in [-0.05, 0) is 57.0 Å². The topological polar surface area (TPSA) is 78.2 Å². The standard InChI is InChI=1S/C26H28N4O3/c1-5-19-15-24(32)29(16-23(31)27-21-9-7-8-10-22(21)33-6-2)26-25(19)18(4)28-30(26)20-13-11-17(3)12-14-20/h7-15H,5-6,16H2,1-4H3,(H,27,31). The van der Waals surface area contributed by atoms with Crippen LogP contribution in [0.2, 0.25) is 0 Å². The highest BCUT2D eigenvalue weighted by Crippen LogP contribution is 2.26. The van der Waals surface area contributed by atoms with Crippen molar-refractivity contribution in [3.63, 3.8) is 0 Å². The van der Waals surface area contributed by atoms with Crippen LogP contribution in [0.5, 0.6) is 5.75 Å². The van der Waals surface area contributed by atoms with Crippen LogP contribution in [-0.2, 0) is 17.8 Å². The van der Waals surface area contributed by atoms with Crippen molar-refractivity contribution >= 4 is 22.6 Å². The van der Waals surface area contributed by atoms with Gasteiger partial charge in [0, 0.05) is 11.5 Å². The third kappa shape index (κ3) is 4.39. The van der Waals surface area contributed by atoms with Gasteiger partial charge in [-0.15, -0.1) is 0 Å². The molecule has 2 aromatic heterocycles. The molecule has 0 spiro atoms. The fourth-order valence-electron chi connectivity index (χ4n) is 4.03. The Kier molecular flexibility index (Phi) is 6.31. The third-order valence-electron chi connectivity index (χ3n) is 5.60. The number of nitrogens with one attached hydrogen (secondary N) is 1. The van der Waals surface area contributed by atoms with Crippen LogP contribution < -0.4 is 15.6 Å². The molecule has 0 saturated carbocycles. The summed E-state index contributed by atoms with van der Waals surface area (Å²) in [5, 5.41) is 8.52. The molecule has 0 saturated heterocycles. The smallest absolute Gasteiger partial charge is 0.252 e. The first-order valence-electron chi connectivity index (χ1n) is 11.1. The third-order valence-corrected chi connectivity index (χ3v) is 5.60. The largest absolute Gasteiger partial charge is 0.492 e. The van der Waals surface area contributed by atoms with Crippen LogP contribution in [0.4, 0.5) is 5.69 Å². The molecule has 4 aromatic rings. The summed E-state index contributed by atoms with van der Waals surface area (Å²) in [6.07, 6.45) is 0.695. The summed E-state index contributed by atoms with van der Waals surface area (Å²) in [7, 11) is 0. The van der Waals surface area contributed by atoms with Gasteiger partial charge >= 0.3 is 0 Å². The van der Waals surface area contributed by atoms with Gasteiger partial charge in [0.25, 0.3) is 5.56 Å². The zero-order valence-corrected chi connectivity index (χ0v) is 19.4. The van der Waals surface area contributed by atoms with Crippen LogP contribution in [0.25, 0.3) is 16.7 Å². The van der Waals surface area contributed by atoms with Gasteiger partial charge in [-0.25, -0.2) is 4.68 Å². The van der Waals surface area contributed by atoms with Crippen LogP contribution >= 0.6 is 0 Å². The summed E-state index contributed by atoms with van der Waals surface area (Å²) in [4.78, 5) is 26.2. The second kappa shape index (κ2) is 9.32. The normalized spacial score (nSPS) is 11.0. The maximum absolute atomic E-state index is 13.1. The molecule has 0 unspecified atom stereocenters. The van der Waals surface area contributed by atoms with E-state index in [1.54, 1.807) is 22.9 Å². The van der Waals surface area contributed by atoms with Crippen molar-refractivity contribution in [2.24, 2.45) is 0 Å². The minimum atomic E-state index is -0.316. The van der Waals surface area contributed by atoms with Crippen molar-refractivity contribution in [3.8, 4) is 11.4 Å². The molecule has 0 bridgehead atoms. The SMILES string of the molecule is CCOc1ccccc1NC(=O)Cn1c(=O)cc(CC)c2c(C)nn(-c3ccc(C)cc3)c21. The fraction of sp³-hybridized carbons (Fsp3) is 0.269. The number of pyridine rings is 1. The lowest BCUT2D eigenvalue weighted by molar-refractivity contribution is -0.116. The van der Waals surface area contributed by atoms with Gasteiger partial charge in [0.15, 0.2) is 0 Å². The lowest BCUT2D eigenvalue weighted by atomic mass is 10.1.